The average molecular weight is 284 g/mol. The van der Waals surface area contributed by atoms with Gasteiger partial charge >= 0.3 is 0 Å². The van der Waals surface area contributed by atoms with Crippen LogP contribution in [0.5, 0.6) is 0 Å². The Balaban J connectivity index is 2.19. The molecular weight excluding hydrogens is 262 g/mol. The minimum atomic E-state index is -0.509. The lowest BCUT2D eigenvalue weighted by molar-refractivity contribution is 0.0524. The summed E-state index contributed by atoms with van der Waals surface area (Å²) in [5.41, 5.74) is 6.09. The average Bonchev–Trinajstić information content (AvgIpc) is 2.39. The highest BCUT2D eigenvalue weighted by Crippen LogP contribution is 2.28. The quantitative estimate of drug-likeness (QED) is 0.902. The van der Waals surface area contributed by atoms with E-state index in [2.05, 4.69) is 0 Å². The van der Waals surface area contributed by atoms with Crippen molar-refractivity contribution in [2.45, 2.75) is 32.3 Å². The van der Waals surface area contributed by atoms with Gasteiger partial charge in [0.1, 0.15) is 17.3 Å². The lowest BCUT2D eigenvalue weighted by atomic mass is 10.1. The van der Waals surface area contributed by atoms with Crippen LogP contribution in [-0.4, -0.2) is 32.3 Å². The summed E-state index contributed by atoms with van der Waals surface area (Å²) in [7, 11) is 0. The minimum absolute atomic E-state index is 0.0521. The number of halogens is 2. The molecule has 1 aliphatic rings. The summed E-state index contributed by atoms with van der Waals surface area (Å²) in [6, 6.07) is 2.77. The van der Waals surface area contributed by atoms with Crippen molar-refractivity contribution in [3.8, 4) is 0 Å². The molecule has 20 heavy (non-hydrogen) atoms. The van der Waals surface area contributed by atoms with Gasteiger partial charge < -0.3 is 15.4 Å². The predicted molar refractivity (Wildman–Crippen MR) is 76.0 cm³/mol. The molecule has 5 heteroatoms. The molecule has 1 unspecified atom stereocenters. The Bertz CT molecular complexity index is 428. The summed E-state index contributed by atoms with van der Waals surface area (Å²) in [6.45, 7) is 4.14. The smallest absolute Gasteiger partial charge is 0.149 e. The normalized spacial score (nSPS) is 19.4. The van der Waals surface area contributed by atoms with Crippen LogP contribution in [0.2, 0.25) is 0 Å². The topological polar surface area (TPSA) is 38.5 Å². The fourth-order valence-electron chi connectivity index (χ4n) is 2.74. The van der Waals surface area contributed by atoms with Gasteiger partial charge in [0.15, 0.2) is 0 Å². The SMILES string of the molecule is CCOC1CCCN(c2c(F)cc(CCN)cc2F)C1. The van der Waals surface area contributed by atoms with Crippen LogP contribution in [0.15, 0.2) is 12.1 Å². The maximum absolute atomic E-state index is 14.2. The van der Waals surface area contributed by atoms with Crippen LogP contribution in [0, 0.1) is 11.6 Å². The molecule has 0 aliphatic carbocycles. The number of benzene rings is 1. The molecule has 1 heterocycles. The third-order valence-electron chi connectivity index (χ3n) is 3.61. The molecule has 0 amide bonds. The first kappa shape index (κ1) is 15.2. The number of piperidine rings is 1. The highest BCUT2D eigenvalue weighted by molar-refractivity contribution is 5.51. The predicted octanol–water partition coefficient (Wildman–Crippen LogP) is 2.47. The lowest BCUT2D eigenvalue weighted by Gasteiger charge is -2.34. The van der Waals surface area contributed by atoms with E-state index in [0.717, 1.165) is 12.8 Å². The van der Waals surface area contributed by atoms with E-state index in [0.29, 0.717) is 38.2 Å². The Morgan fingerprint density at radius 1 is 1.35 bits per heavy atom. The van der Waals surface area contributed by atoms with E-state index in [9.17, 15) is 8.78 Å². The van der Waals surface area contributed by atoms with Crippen molar-refractivity contribution in [3.05, 3.63) is 29.3 Å². The Labute approximate surface area is 118 Å². The number of hydrogen-bond donors (Lipinski definition) is 1. The molecule has 0 radical (unpaired) electrons. The van der Waals surface area contributed by atoms with E-state index in [4.69, 9.17) is 10.5 Å². The van der Waals surface area contributed by atoms with Gasteiger partial charge in [-0.25, -0.2) is 8.78 Å². The summed E-state index contributed by atoms with van der Waals surface area (Å²) >= 11 is 0. The number of nitrogens with two attached hydrogens (primary N) is 1. The number of anilines is 1. The van der Waals surface area contributed by atoms with Gasteiger partial charge in [-0.2, -0.15) is 0 Å². The van der Waals surface area contributed by atoms with E-state index < -0.39 is 11.6 Å². The summed E-state index contributed by atoms with van der Waals surface area (Å²) in [5.74, 6) is -1.02. The molecule has 1 atom stereocenters. The van der Waals surface area contributed by atoms with E-state index in [-0.39, 0.29) is 11.8 Å². The molecule has 0 bridgehead atoms. The number of nitrogens with zero attached hydrogens (tertiary/aromatic N) is 1. The summed E-state index contributed by atoms with van der Waals surface area (Å²) < 4.78 is 33.9. The van der Waals surface area contributed by atoms with Crippen LogP contribution in [-0.2, 0) is 11.2 Å². The van der Waals surface area contributed by atoms with Crippen molar-refractivity contribution in [2.24, 2.45) is 5.73 Å². The molecule has 112 valence electrons. The van der Waals surface area contributed by atoms with E-state index >= 15 is 0 Å². The maximum atomic E-state index is 14.2. The van der Waals surface area contributed by atoms with Crippen molar-refractivity contribution >= 4 is 5.69 Å². The van der Waals surface area contributed by atoms with Crippen molar-refractivity contribution in [2.75, 3.05) is 31.1 Å². The van der Waals surface area contributed by atoms with Crippen LogP contribution in [0.4, 0.5) is 14.5 Å². The molecule has 2 rings (SSSR count). The second-order valence-electron chi connectivity index (χ2n) is 5.11. The van der Waals surface area contributed by atoms with Crippen LogP contribution < -0.4 is 10.6 Å². The lowest BCUT2D eigenvalue weighted by Crippen LogP contribution is -2.40. The second-order valence-corrected chi connectivity index (χ2v) is 5.11. The fourth-order valence-corrected chi connectivity index (χ4v) is 2.74. The van der Waals surface area contributed by atoms with Gasteiger partial charge in [-0.15, -0.1) is 0 Å². The van der Waals surface area contributed by atoms with Gasteiger partial charge in [-0.3, -0.25) is 0 Å². The van der Waals surface area contributed by atoms with Gasteiger partial charge in [0.2, 0.25) is 0 Å². The number of rotatable bonds is 5. The fraction of sp³-hybridized carbons (Fsp3) is 0.600. The molecule has 3 nitrogen and oxygen atoms in total. The van der Waals surface area contributed by atoms with Crippen LogP contribution in [0.25, 0.3) is 0 Å². The molecule has 1 aromatic carbocycles. The zero-order valence-corrected chi connectivity index (χ0v) is 11.9. The molecule has 1 fully saturated rings. The Hall–Kier alpha value is -1.20. The first-order valence-electron chi connectivity index (χ1n) is 7.20. The van der Waals surface area contributed by atoms with Crippen molar-refractivity contribution in [3.63, 3.8) is 0 Å². The Morgan fingerprint density at radius 2 is 2.05 bits per heavy atom. The molecule has 0 saturated carbocycles. The first-order chi connectivity index (χ1) is 9.65. The molecule has 2 N–H and O–H groups in total. The largest absolute Gasteiger partial charge is 0.377 e. The zero-order valence-electron chi connectivity index (χ0n) is 11.9. The van der Waals surface area contributed by atoms with Gasteiger partial charge in [0.25, 0.3) is 0 Å². The Kier molecular flexibility index (Phi) is 5.31. The molecule has 1 saturated heterocycles. The molecular formula is C15H22F2N2O. The number of ether oxygens (including phenoxy) is 1. The standard InChI is InChI=1S/C15H22F2N2O/c1-2-20-12-4-3-7-19(10-12)15-13(16)8-11(5-6-18)9-14(15)17/h8-9,12H,2-7,10,18H2,1H3. The van der Waals surface area contributed by atoms with Gasteiger partial charge in [0, 0.05) is 19.7 Å². The van der Waals surface area contributed by atoms with E-state index in [1.54, 1.807) is 4.90 Å². The second kappa shape index (κ2) is 6.99. The third-order valence-corrected chi connectivity index (χ3v) is 3.61. The molecule has 1 aromatic rings. The molecule has 1 aliphatic heterocycles. The van der Waals surface area contributed by atoms with Gasteiger partial charge in [-0.1, -0.05) is 0 Å². The Morgan fingerprint density at radius 3 is 2.65 bits per heavy atom. The van der Waals surface area contributed by atoms with Crippen LogP contribution in [0.3, 0.4) is 0 Å². The van der Waals surface area contributed by atoms with Crippen molar-refractivity contribution in [1.82, 2.24) is 0 Å². The van der Waals surface area contributed by atoms with Crippen LogP contribution in [0.1, 0.15) is 25.3 Å². The van der Waals surface area contributed by atoms with E-state index in [1.807, 2.05) is 6.92 Å². The number of hydrogen-bond acceptors (Lipinski definition) is 3. The van der Waals surface area contributed by atoms with Gasteiger partial charge in [-0.05, 0) is 50.4 Å². The highest BCUT2D eigenvalue weighted by atomic mass is 19.1. The monoisotopic (exact) mass is 284 g/mol. The summed E-state index contributed by atoms with van der Waals surface area (Å²) in [6.07, 6.45) is 2.36. The maximum Gasteiger partial charge on any atom is 0.149 e. The summed E-state index contributed by atoms with van der Waals surface area (Å²) in [5, 5.41) is 0. The zero-order chi connectivity index (χ0) is 14.5. The molecule has 0 spiro atoms. The highest BCUT2D eigenvalue weighted by Gasteiger charge is 2.25. The van der Waals surface area contributed by atoms with Crippen LogP contribution >= 0.6 is 0 Å². The van der Waals surface area contributed by atoms with Crippen molar-refractivity contribution < 1.29 is 13.5 Å². The van der Waals surface area contributed by atoms with Crippen molar-refractivity contribution in [1.29, 1.82) is 0 Å². The molecule has 0 aromatic heterocycles. The third kappa shape index (κ3) is 3.46. The first-order valence-corrected chi connectivity index (χ1v) is 7.20. The van der Waals surface area contributed by atoms with Gasteiger partial charge in [0.05, 0.1) is 6.10 Å². The summed E-state index contributed by atoms with van der Waals surface area (Å²) in [4.78, 5) is 1.75. The minimum Gasteiger partial charge on any atom is -0.377 e. The van der Waals surface area contributed by atoms with E-state index in [1.165, 1.54) is 12.1 Å².